The second kappa shape index (κ2) is 9.16. The van der Waals surface area contributed by atoms with Crippen molar-refractivity contribution in [2.24, 2.45) is 0 Å². The zero-order valence-corrected chi connectivity index (χ0v) is 20.8. The first-order chi connectivity index (χ1) is 18.8. The van der Waals surface area contributed by atoms with Crippen LogP contribution in [-0.2, 0) is 11.2 Å². The van der Waals surface area contributed by atoms with E-state index in [-0.39, 0.29) is 0 Å². The second-order valence-electron chi connectivity index (χ2n) is 9.80. The van der Waals surface area contributed by atoms with E-state index in [1.54, 1.807) is 0 Å². The molecule has 0 spiro atoms. The summed E-state index contributed by atoms with van der Waals surface area (Å²) in [6.45, 7) is 0. The van der Waals surface area contributed by atoms with Crippen LogP contribution in [0.1, 0.15) is 22.3 Å². The number of fused-ring (bicyclic) bond motifs is 6. The highest BCUT2D eigenvalue weighted by Gasteiger charge is 2.17. The van der Waals surface area contributed by atoms with Crippen molar-refractivity contribution in [1.29, 1.82) is 0 Å². The van der Waals surface area contributed by atoms with Crippen LogP contribution in [0, 0.1) is 0 Å². The lowest BCUT2D eigenvalue weighted by Gasteiger charge is -2.16. The lowest BCUT2D eigenvalue weighted by molar-refractivity contribution is 0.569. The van der Waals surface area contributed by atoms with Crippen molar-refractivity contribution < 1.29 is 4.79 Å². The molecule has 0 aliphatic heterocycles. The minimum absolute atomic E-state index is 0.604. The molecule has 38 heavy (non-hydrogen) atoms. The predicted octanol–water partition coefficient (Wildman–Crippen LogP) is 9.15. The van der Waals surface area contributed by atoms with Crippen molar-refractivity contribution in [3.63, 3.8) is 0 Å². The van der Waals surface area contributed by atoms with Crippen molar-refractivity contribution in [2.45, 2.75) is 6.42 Å². The summed E-state index contributed by atoms with van der Waals surface area (Å²) < 4.78 is 0. The van der Waals surface area contributed by atoms with Gasteiger partial charge in [0.25, 0.3) is 0 Å². The van der Waals surface area contributed by atoms with Gasteiger partial charge in [0.2, 0.25) is 0 Å². The largest absolute Gasteiger partial charge is 0.233 e. The summed E-state index contributed by atoms with van der Waals surface area (Å²) in [5, 5.41) is 9.50. The molecule has 0 amide bonds. The third-order valence-corrected chi connectivity index (χ3v) is 7.66. The quantitative estimate of drug-likeness (QED) is 0.180. The first-order valence-electron chi connectivity index (χ1n) is 13.0. The van der Waals surface area contributed by atoms with Gasteiger partial charge in [0, 0.05) is 5.56 Å². The van der Waals surface area contributed by atoms with Gasteiger partial charge in [-0.1, -0.05) is 127 Å². The number of hydrogen-bond donors (Lipinski definition) is 0. The summed E-state index contributed by atoms with van der Waals surface area (Å²) in [5.74, 6) is 2.35. The Labute approximate surface area is 221 Å². The van der Waals surface area contributed by atoms with Gasteiger partial charge in [-0.3, -0.25) is 0 Å². The maximum absolute atomic E-state index is 12.7. The van der Waals surface area contributed by atoms with Crippen LogP contribution in [0.2, 0.25) is 0 Å². The summed E-state index contributed by atoms with van der Waals surface area (Å²) in [5.41, 5.74) is 4.82. The normalized spacial score (nSPS) is 11.3. The van der Waals surface area contributed by atoms with Crippen LogP contribution in [0.4, 0.5) is 0 Å². The molecule has 0 N–H and O–H groups in total. The number of rotatable bonds is 4. The SMILES string of the molecule is O=C=C(c1ccccc1Cc1cc2ccccc2c2ccccc12)c1cc2ccccc2c2ccccc12. The molecule has 1 heteroatoms. The van der Waals surface area contributed by atoms with Crippen LogP contribution < -0.4 is 0 Å². The van der Waals surface area contributed by atoms with Gasteiger partial charge in [-0.15, -0.1) is 0 Å². The van der Waals surface area contributed by atoms with Crippen LogP contribution in [0.25, 0.3) is 48.7 Å². The average molecular weight is 485 g/mol. The van der Waals surface area contributed by atoms with Gasteiger partial charge < -0.3 is 0 Å². The molecule has 0 saturated carbocycles. The van der Waals surface area contributed by atoms with Crippen LogP contribution in [-0.4, -0.2) is 5.94 Å². The molecule has 0 aromatic heterocycles. The van der Waals surface area contributed by atoms with Crippen LogP contribution in [0.5, 0.6) is 0 Å². The topological polar surface area (TPSA) is 17.1 Å². The summed E-state index contributed by atoms with van der Waals surface area (Å²) >= 11 is 0. The first kappa shape index (κ1) is 22.2. The Balaban J connectivity index is 1.43. The highest BCUT2D eigenvalue weighted by molar-refractivity contribution is 6.16. The molecule has 0 unspecified atom stereocenters. The first-order valence-corrected chi connectivity index (χ1v) is 13.0. The highest BCUT2D eigenvalue weighted by Crippen LogP contribution is 2.36. The zero-order valence-electron chi connectivity index (χ0n) is 20.8. The standard InChI is InChI=1S/C37H24O/c38-24-37(36-23-27-13-3-5-15-30(27)34-19-9-10-20-35(34)36)31-16-6-2-12-26(31)22-28-21-25-11-1-4-14-29(25)33-18-8-7-17-32(28)33/h1-21,23H,22H2. The van der Waals surface area contributed by atoms with Crippen molar-refractivity contribution in [3.05, 3.63) is 156 Å². The van der Waals surface area contributed by atoms with E-state index in [4.69, 9.17) is 0 Å². The molecule has 0 aliphatic carbocycles. The van der Waals surface area contributed by atoms with E-state index >= 15 is 0 Å². The Bertz CT molecular complexity index is 2060. The molecule has 0 atom stereocenters. The molecule has 0 fully saturated rings. The van der Waals surface area contributed by atoms with Crippen molar-refractivity contribution in [1.82, 2.24) is 0 Å². The molecular formula is C37H24O. The Hall–Kier alpha value is -4.97. The van der Waals surface area contributed by atoms with Gasteiger partial charge in [0.1, 0.15) is 5.94 Å². The van der Waals surface area contributed by atoms with E-state index < -0.39 is 0 Å². The summed E-state index contributed by atoms with van der Waals surface area (Å²) in [6.07, 6.45) is 0.720. The molecule has 0 heterocycles. The third-order valence-electron chi connectivity index (χ3n) is 7.66. The molecule has 7 aromatic rings. The van der Waals surface area contributed by atoms with Gasteiger partial charge >= 0.3 is 0 Å². The monoisotopic (exact) mass is 484 g/mol. The van der Waals surface area contributed by atoms with E-state index in [0.717, 1.165) is 39.3 Å². The van der Waals surface area contributed by atoms with Crippen LogP contribution >= 0.6 is 0 Å². The van der Waals surface area contributed by atoms with Gasteiger partial charge in [0.05, 0.1) is 5.57 Å². The zero-order chi connectivity index (χ0) is 25.5. The molecule has 7 aromatic carbocycles. The van der Waals surface area contributed by atoms with Crippen molar-refractivity contribution in [2.75, 3.05) is 0 Å². The van der Waals surface area contributed by atoms with Crippen molar-refractivity contribution in [3.8, 4) is 0 Å². The number of benzene rings is 7. The molecule has 0 saturated heterocycles. The lowest BCUT2D eigenvalue weighted by Crippen LogP contribution is -1.99. The summed E-state index contributed by atoms with van der Waals surface area (Å²) in [7, 11) is 0. The van der Waals surface area contributed by atoms with E-state index in [9.17, 15) is 4.79 Å². The highest BCUT2D eigenvalue weighted by atomic mass is 16.1. The predicted molar refractivity (Wildman–Crippen MR) is 160 cm³/mol. The van der Waals surface area contributed by atoms with Crippen LogP contribution in [0.15, 0.2) is 133 Å². The van der Waals surface area contributed by atoms with E-state index in [1.165, 1.54) is 32.5 Å². The van der Waals surface area contributed by atoms with Crippen molar-refractivity contribution >= 4 is 54.6 Å². The van der Waals surface area contributed by atoms with Gasteiger partial charge in [-0.05, 0) is 72.3 Å². The summed E-state index contributed by atoms with van der Waals surface area (Å²) in [6, 6.07) is 46.6. The fourth-order valence-corrected chi connectivity index (χ4v) is 5.92. The molecule has 0 aliphatic rings. The Kier molecular flexibility index (Phi) is 5.36. The molecule has 0 bridgehead atoms. The lowest BCUT2D eigenvalue weighted by atomic mass is 9.86. The van der Waals surface area contributed by atoms with Gasteiger partial charge in [-0.25, -0.2) is 4.79 Å². The molecular weight excluding hydrogens is 460 g/mol. The Morgan fingerprint density at radius 2 is 0.947 bits per heavy atom. The molecule has 0 radical (unpaired) electrons. The van der Waals surface area contributed by atoms with Gasteiger partial charge in [0.15, 0.2) is 0 Å². The van der Waals surface area contributed by atoms with E-state index in [2.05, 4.69) is 121 Å². The Morgan fingerprint density at radius 1 is 0.447 bits per heavy atom. The summed E-state index contributed by atoms with van der Waals surface area (Å²) in [4.78, 5) is 12.7. The Morgan fingerprint density at radius 3 is 1.63 bits per heavy atom. The minimum atomic E-state index is 0.604. The fraction of sp³-hybridized carbons (Fsp3) is 0.0270. The molecule has 178 valence electrons. The number of hydrogen-bond acceptors (Lipinski definition) is 1. The maximum atomic E-state index is 12.7. The fourth-order valence-electron chi connectivity index (χ4n) is 5.92. The minimum Gasteiger partial charge on any atom is -0.233 e. The third kappa shape index (κ3) is 3.61. The van der Waals surface area contributed by atoms with E-state index in [0.29, 0.717) is 5.57 Å². The molecule has 7 rings (SSSR count). The smallest absolute Gasteiger partial charge is 0.133 e. The van der Waals surface area contributed by atoms with Crippen LogP contribution in [0.3, 0.4) is 0 Å². The second-order valence-corrected chi connectivity index (χ2v) is 9.80. The molecule has 1 nitrogen and oxygen atoms in total. The number of carbonyl (C=O) groups excluding carboxylic acids is 1. The van der Waals surface area contributed by atoms with E-state index in [1.807, 2.05) is 18.2 Å². The average Bonchev–Trinajstić information content (AvgIpc) is 2.98. The van der Waals surface area contributed by atoms with Gasteiger partial charge in [-0.2, -0.15) is 0 Å². The maximum Gasteiger partial charge on any atom is 0.133 e.